The van der Waals surface area contributed by atoms with Gasteiger partial charge in [-0.3, -0.25) is 4.99 Å². The Morgan fingerprint density at radius 3 is 2.27 bits per heavy atom. The van der Waals surface area contributed by atoms with Crippen LogP contribution in [-0.2, 0) is 0 Å². The van der Waals surface area contributed by atoms with E-state index in [2.05, 4.69) is 4.99 Å². The molecule has 1 aromatic carbocycles. The van der Waals surface area contributed by atoms with Crippen LogP contribution in [0.3, 0.4) is 0 Å². The number of aromatic hydroxyl groups is 1. The topological polar surface area (TPSA) is 32.6 Å². The molecule has 0 amide bonds. The zero-order valence-corrected chi connectivity index (χ0v) is 8.51. The molecule has 0 aliphatic heterocycles. The van der Waals surface area contributed by atoms with Crippen LogP contribution < -0.4 is 0 Å². The van der Waals surface area contributed by atoms with E-state index in [-0.39, 0.29) is 5.75 Å². The van der Waals surface area contributed by atoms with Gasteiger partial charge in [0.1, 0.15) is 5.75 Å². The van der Waals surface area contributed by atoms with E-state index in [1.807, 2.05) is 32.6 Å². The first-order chi connectivity index (χ1) is 7.25. The third kappa shape index (κ3) is 2.58. The molecule has 1 N–H and O–H groups in total. The second-order valence-corrected chi connectivity index (χ2v) is 3.39. The van der Waals surface area contributed by atoms with Gasteiger partial charge in [-0.05, 0) is 56.9 Å². The van der Waals surface area contributed by atoms with Crippen LogP contribution in [-0.4, -0.2) is 10.8 Å². The average Bonchev–Trinajstić information content (AvgIpc) is 2.74. The molecule has 2 nitrogen and oxygen atoms in total. The summed E-state index contributed by atoms with van der Waals surface area (Å²) >= 11 is 0. The molecule has 0 atom stereocenters. The predicted molar refractivity (Wildman–Crippen MR) is 61.3 cm³/mol. The summed E-state index contributed by atoms with van der Waals surface area (Å²) in [5.41, 5.74) is 1.83. The van der Waals surface area contributed by atoms with E-state index in [1.54, 1.807) is 24.3 Å². The first-order valence-corrected chi connectivity index (χ1v) is 4.82. The van der Waals surface area contributed by atoms with Crippen LogP contribution in [0.15, 0.2) is 29.3 Å². The second-order valence-electron chi connectivity index (χ2n) is 3.39. The molecule has 1 fully saturated rings. The van der Waals surface area contributed by atoms with Crippen molar-refractivity contribution in [1.29, 1.82) is 0 Å². The molecule has 0 bridgehead atoms. The molecule has 0 saturated heterocycles. The molecule has 0 unspecified atom stereocenters. The van der Waals surface area contributed by atoms with Crippen LogP contribution in [0.2, 0.25) is 0 Å². The molecule has 1 aliphatic carbocycles. The zero-order chi connectivity index (χ0) is 10.7. The Bertz CT molecular complexity index is 347. The number of benzene rings is 1. The monoisotopic (exact) mass is 198 g/mol. The molecule has 5 radical (unpaired) electrons. The van der Waals surface area contributed by atoms with Crippen LogP contribution in [0.25, 0.3) is 0 Å². The van der Waals surface area contributed by atoms with Crippen molar-refractivity contribution in [3.05, 3.63) is 55.9 Å². The Labute approximate surface area is 90.7 Å². The van der Waals surface area contributed by atoms with Gasteiger partial charge in [0.05, 0.1) is 5.69 Å². The van der Waals surface area contributed by atoms with Gasteiger partial charge in [-0.1, -0.05) is 0 Å². The van der Waals surface area contributed by atoms with Crippen LogP contribution >= 0.6 is 0 Å². The summed E-state index contributed by atoms with van der Waals surface area (Å²) in [5, 5.41) is 9.13. The van der Waals surface area contributed by atoms with Crippen molar-refractivity contribution in [1.82, 2.24) is 0 Å². The number of phenolic OH excluding ortho intramolecular Hbond substituents is 1. The molecule has 1 saturated carbocycles. The summed E-state index contributed by atoms with van der Waals surface area (Å²) in [4.78, 5) is 4.45. The minimum absolute atomic E-state index is 0.264. The lowest BCUT2D eigenvalue weighted by molar-refractivity contribution is 0.475. The summed E-state index contributed by atoms with van der Waals surface area (Å²) in [6, 6.07) is 6.86. The third-order valence-electron chi connectivity index (χ3n) is 2.23. The van der Waals surface area contributed by atoms with Gasteiger partial charge in [-0.2, -0.15) is 0 Å². The standard InChI is InChI=1S/C13H12NO/c1-10(11-4-2-3-5-11)14-12-6-8-13(15)9-7-12/h2-9,15H,1H3. The van der Waals surface area contributed by atoms with E-state index < -0.39 is 0 Å². The van der Waals surface area contributed by atoms with E-state index in [0.717, 1.165) is 17.3 Å². The molecule has 75 valence electrons. The van der Waals surface area contributed by atoms with Crippen LogP contribution in [0.4, 0.5) is 5.69 Å². The Balaban J connectivity index is 2.11. The fourth-order valence-electron chi connectivity index (χ4n) is 1.40. The molecule has 2 rings (SSSR count). The summed E-state index contributed by atoms with van der Waals surface area (Å²) in [5.74, 6) is 1.39. The van der Waals surface area contributed by atoms with Crippen molar-refractivity contribution in [2.75, 3.05) is 0 Å². The first kappa shape index (κ1) is 10.2. The summed E-state index contributed by atoms with van der Waals surface area (Å²) < 4.78 is 0. The number of aliphatic imine (C=N–C) groups is 1. The highest BCUT2D eigenvalue weighted by Gasteiger charge is 2.19. The number of nitrogens with zero attached hydrogens (tertiary/aromatic N) is 1. The second kappa shape index (κ2) is 4.47. The molecule has 2 heteroatoms. The van der Waals surface area contributed by atoms with Gasteiger partial charge in [0.15, 0.2) is 0 Å². The Morgan fingerprint density at radius 1 is 1.07 bits per heavy atom. The van der Waals surface area contributed by atoms with Gasteiger partial charge in [0, 0.05) is 11.6 Å². The highest BCUT2D eigenvalue weighted by Crippen LogP contribution is 2.26. The Morgan fingerprint density at radius 2 is 1.67 bits per heavy atom. The fraction of sp³-hybridized carbons (Fsp3) is 0.0769. The predicted octanol–water partition coefficient (Wildman–Crippen LogP) is 2.89. The summed E-state index contributed by atoms with van der Waals surface area (Å²) in [7, 11) is 0. The third-order valence-corrected chi connectivity index (χ3v) is 2.23. The largest absolute Gasteiger partial charge is 0.508 e. The molecular weight excluding hydrogens is 186 g/mol. The zero-order valence-electron chi connectivity index (χ0n) is 8.51. The van der Waals surface area contributed by atoms with E-state index in [1.165, 1.54) is 0 Å². The van der Waals surface area contributed by atoms with Crippen LogP contribution in [0, 0.1) is 31.6 Å². The van der Waals surface area contributed by atoms with Crippen LogP contribution in [0.1, 0.15) is 6.92 Å². The minimum Gasteiger partial charge on any atom is -0.508 e. The highest BCUT2D eigenvalue weighted by atomic mass is 16.3. The first-order valence-electron chi connectivity index (χ1n) is 4.82. The maximum Gasteiger partial charge on any atom is 0.115 e. The molecular formula is C13H12NO. The number of phenols is 1. The van der Waals surface area contributed by atoms with E-state index >= 15 is 0 Å². The highest BCUT2D eigenvalue weighted by molar-refractivity contribution is 6.01. The SMILES string of the molecule is CC(=Nc1ccc(O)cc1)[C]1[CH][CH][CH][CH]1. The van der Waals surface area contributed by atoms with E-state index in [0.29, 0.717) is 0 Å². The Hall–Kier alpha value is -1.31. The van der Waals surface area contributed by atoms with E-state index in [4.69, 9.17) is 5.11 Å². The van der Waals surface area contributed by atoms with Crippen molar-refractivity contribution >= 4 is 11.4 Å². The van der Waals surface area contributed by atoms with Crippen molar-refractivity contribution in [2.24, 2.45) is 4.99 Å². The molecule has 1 aromatic rings. The van der Waals surface area contributed by atoms with Crippen molar-refractivity contribution < 1.29 is 5.11 Å². The molecule has 0 heterocycles. The van der Waals surface area contributed by atoms with Crippen molar-refractivity contribution in [3.8, 4) is 5.75 Å². The number of hydrogen-bond donors (Lipinski definition) is 1. The van der Waals surface area contributed by atoms with Gasteiger partial charge in [0.2, 0.25) is 0 Å². The van der Waals surface area contributed by atoms with E-state index in [9.17, 15) is 0 Å². The molecule has 15 heavy (non-hydrogen) atoms. The fourth-order valence-corrected chi connectivity index (χ4v) is 1.40. The van der Waals surface area contributed by atoms with Gasteiger partial charge in [-0.25, -0.2) is 0 Å². The maximum atomic E-state index is 9.13. The van der Waals surface area contributed by atoms with Gasteiger partial charge < -0.3 is 5.11 Å². The lowest BCUT2D eigenvalue weighted by Crippen LogP contribution is -2.04. The normalized spacial score (nSPS) is 18.3. The lowest BCUT2D eigenvalue weighted by atomic mass is 10.0. The molecule has 0 aromatic heterocycles. The summed E-state index contributed by atoms with van der Waals surface area (Å²) in [6.07, 6.45) is 8.04. The average molecular weight is 198 g/mol. The molecule has 0 spiro atoms. The van der Waals surface area contributed by atoms with Gasteiger partial charge >= 0.3 is 0 Å². The van der Waals surface area contributed by atoms with Gasteiger partial charge in [-0.15, -0.1) is 0 Å². The summed E-state index contributed by atoms with van der Waals surface area (Å²) in [6.45, 7) is 1.97. The molecule has 1 aliphatic rings. The number of hydrogen-bond acceptors (Lipinski definition) is 2. The minimum atomic E-state index is 0.264. The quantitative estimate of drug-likeness (QED) is 0.728. The van der Waals surface area contributed by atoms with Crippen molar-refractivity contribution in [2.45, 2.75) is 6.92 Å². The Kier molecular flexibility index (Phi) is 3.05. The lowest BCUT2D eigenvalue weighted by Gasteiger charge is -2.06. The number of rotatable bonds is 2. The maximum absolute atomic E-state index is 9.13. The van der Waals surface area contributed by atoms with Crippen molar-refractivity contribution in [3.63, 3.8) is 0 Å². The van der Waals surface area contributed by atoms with Gasteiger partial charge in [0.25, 0.3) is 0 Å². The van der Waals surface area contributed by atoms with Crippen LogP contribution in [0.5, 0.6) is 5.75 Å². The smallest absolute Gasteiger partial charge is 0.115 e.